The van der Waals surface area contributed by atoms with Gasteiger partial charge in [-0.2, -0.15) is 0 Å². The zero-order chi connectivity index (χ0) is 21.1. The SMILES string of the molecule is O=C(CCN1C(=O)c2ccc(Br)cc2C1=O)NCC(C1CCOC1)N1CCOCC1. The summed E-state index contributed by atoms with van der Waals surface area (Å²) in [5.41, 5.74) is 0.764. The predicted octanol–water partition coefficient (Wildman–Crippen LogP) is 1.29. The van der Waals surface area contributed by atoms with Crippen LogP contribution in [0.4, 0.5) is 0 Å². The second-order valence-electron chi connectivity index (χ2n) is 7.85. The van der Waals surface area contributed by atoms with Crippen LogP contribution < -0.4 is 5.32 Å². The second kappa shape index (κ2) is 9.55. The molecule has 0 bridgehead atoms. The molecule has 0 aromatic heterocycles. The Bertz CT molecular complexity index is 821. The molecule has 2 atom stereocenters. The summed E-state index contributed by atoms with van der Waals surface area (Å²) in [7, 11) is 0. The highest BCUT2D eigenvalue weighted by Crippen LogP contribution is 2.26. The Labute approximate surface area is 184 Å². The zero-order valence-corrected chi connectivity index (χ0v) is 18.4. The first-order valence-electron chi connectivity index (χ1n) is 10.4. The number of carbonyl (C=O) groups excluding carboxylic acids is 3. The molecule has 0 aliphatic carbocycles. The van der Waals surface area contributed by atoms with Crippen LogP contribution in [0.1, 0.15) is 33.6 Å². The highest BCUT2D eigenvalue weighted by molar-refractivity contribution is 9.10. The molecule has 3 aliphatic rings. The van der Waals surface area contributed by atoms with Crippen LogP contribution >= 0.6 is 15.9 Å². The number of ether oxygens (including phenoxy) is 2. The topological polar surface area (TPSA) is 88.2 Å². The highest BCUT2D eigenvalue weighted by atomic mass is 79.9. The van der Waals surface area contributed by atoms with E-state index in [0.29, 0.717) is 43.4 Å². The lowest BCUT2D eigenvalue weighted by Gasteiger charge is -2.37. The molecule has 0 saturated carbocycles. The lowest BCUT2D eigenvalue weighted by molar-refractivity contribution is -0.121. The van der Waals surface area contributed by atoms with Gasteiger partial charge >= 0.3 is 0 Å². The number of benzene rings is 1. The Morgan fingerprint density at radius 3 is 2.63 bits per heavy atom. The van der Waals surface area contributed by atoms with Gasteiger partial charge in [0.15, 0.2) is 0 Å². The van der Waals surface area contributed by atoms with Gasteiger partial charge in [-0.1, -0.05) is 15.9 Å². The van der Waals surface area contributed by atoms with Gasteiger partial charge in [0, 0.05) is 55.6 Å². The molecule has 0 spiro atoms. The van der Waals surface area contributed by atoms with Crippen molar-refractivity contribution >= 4 is 33.7 Å². The van der Waals surface area contributed by atoms with Gasteiger partial charge in [-0.05, 0) is 24.6 Å². The lowest BCUT2D eigenvalue weighted by Crippen LogP contribution is -2.52. The Kier molecular flexibility index (Phi) is 6.82. The summed E-state index contributed by atoms with van der Waals surface area (Å²) < 4.78 is 11.8. The zero-order valence-electron chi connectivity index (χ0n) is 16.8. The maximum Gasteiger partial charge on any atom is 0.261 e. The standard InChI is InChI=1S/C21H26BrN3O5/c22-15-1-2-16-17(11-15)21(28)25(20(16)27)5-3-19(26)23-12-18(14-4-8-30-13-14)24-6-9-29-10-7-24/h1-2,11,14,18H,3-10,12-13H2,(H,23,26). The first-order chi connectivity index (χ1) is 14.5. The van der Waals surface area contributed by atoms with Gasteiger partial charge in [0.2, 0.25) is 5.91 Å². The van der Waals surface area contributed by atoms with Gasteiger partial charge in [0.1, 0.15) is 0 Å². The van der Waals surface area contributed by atoms with Crippen molar-refractivity contribution in [1.82, 2.24) is 15.1 Å². The third-order valence-corrected chi connectivity index (χ3v) is 6.52. The summed E-state index contributed by atoms with van der Waals surface area (Å²) in [4.78, 5) is 41.1. The fraction of sp³-hybridized carbons (Fsp3) is 0.571. The van der Waals surface area contributed by atoms with Crippen LogP contribution in [0.5, 0.6) is 0 Å². The molecule has 1 aromatic rings. The molecule has 1 aromatic carbocycles. The van der Waals surface area contributed by atoms with E-state index in [1.54, 1.807) is 18.2 Å². The third kappa shape index (κ3) is 4.59. The van der Waals surface area contributed by atoms with E-state index in [-0.39, 0.29) is 36.7 Å². The minimum atomic E-state index is -0.349. The van der Waals surface area contributed by atoms with Crippen LogP contribution in [0.15, 0.2) is 22.7 Å². The van der Waals surface area contributed by atoms with Gasteiger partial charge in [0.05, 0.1) is 30.9 Å². The van der Waals surface area contributed by atoms with Crippen molar-refractivity contribution in [2.45, 2.75) is 18.9 Å². The maximum atomic E-state index is 12.5. The van der Waals surface area contributed by atoms with E-state index in [1.165, 1.54) is 0 Å². The first-order valence-corrected chi connectivity index (χ1v) is 11.2. The van der Waals surface area contributed by atoms with E-state index < -0.39 is 0 Å². The van der Waals surface area contributed by atoms with Crippen molar-refractivity contribution in [2.24, 2.45) is 5.92 Å². The van der Waals surface area contributed by atoms with Crippen molar-refractivity contribution in [3.8, 4) is 0 Å². The minimum Gasteiger partial charge on any atom is -0.381 e. The molecule has 30 heavy (non-hydrogen) atoms. The number of nitrogens with zero attached hydrogens (tertiary/aromatic N) is 2. The molecule has 0 radical (unpaired) electrons. The molecular weight excluding hydrogens is 454 g/mol. The van der Waals surface area contributed by atoms with Gasteiger partial charge in [0.25, 0.3) is 11.8 Å². The molecule has 9 heteroatoms. The molecule has 3 heterocycles. The number of halogens is 1. The number of morpholine rings is 1. The largest absolute Gasteiger partial charge is 0.381 e. The number of imide groups is 1. The van der Waals surface area contributed by atoms with Crippen molar-refractivity contribution < 1.29 is 23.9 Å². The molecule has 3 amide bonds. The molecule has 2 fully saturated rings. The van der Waals surface area contributed by atoms with Crippen molar-refractivity contribution in [1.29, 1.82) is 0 Å². The summed E-state index contributed by atoms with van der Waals surface area (Å²) in [5.74, 6) is -0.467. The van der Waals surface area contributed by atoms with Crippen LogP contribution in [-0.2, 0) is 14.3 Å². The number of nitrogens with one attached hydrogen (secondary N) is 1. The van der Waals surface area contributed by atoms with Crippen LogP contribution in [0.2, 0.25) is 0 Å². The monoisotopic (exact) mass is 479 g/mol. The van der Waals surface area contributed by atoms with Crippen molar-refractivity contribution in [3.63, 3.8) is 0 Å². The van der Waals surface area contributed by atoms with E-state index in [0.717, 1.165) is 35.5 Å². The van der Waals surface area contributed by atoms with E-state index in [9.17, 15) is 14.4 Å². The summed E-state index contributed by atoms with van der Waals surface area (Å²) in [6.07, 6.45) is 1.08. The number of carbonyl (C=O) groups is 3. The summed E-state index contributed by atoms with van der Waals surface area (Å²) in [6.45, 7) is 5.18. The van der Waals surface area contributed by atoms with Gasteiger partial charge in [-0.3, -0.25) is 24.2 Å². The lowest BCUT2D eigenvalue weighted by atomic mass is 9.97. The number of fused-ring (bicyclic) bond motifs is 1. The Hall–Kier alpha value is -1.81. The van der Waals surface area contributed by atoms with Gasteiger partial charge in [-0.15, -0.1) is 0 Å². The minimum absolute atomic E-state index is 0.0740. The van der Waals surface area contributed by atoms with Crippen LogP contribution in [0.25, 0.3) is 0 Å². The summed E-state index contributed by atoms with van der Waals surface area (Å²) in [5, 5.41) is 3.01. The van der Waals surface area contributed by atoms with Crippen molar-refractivity contribution in [3.05, 3.63) is 33.8 Å². The van der Waals surface area contributed by atoms with Crippen LogP contribution in [0.3, 0.4) is 0 Å². The second-order valence-corrected chi connectivity index (χ2v) is 8.76. The molecule has 4 rings (SSSR count). The molecule has 162 valence electrons. The quantitative estimate of drug-likeness (QED) is 0.592. The van der Waals surface area contributed by atoms with E-state index in [1.807, 2.05) is 0 Å². The Morgan fingerprint density at radius 2 is 1.90 bits per heavy atom. The van der Waals surface area contributed by atoms with Crippen LogP contribution in [0, 0.1) is 5.92 Å². The molecule has 8 nitrogen and oxygen atoms in total. The fourth-order valence-electron chi connectivity index (χ4n) is 4.35. The smallest absolute Gasteiger partial charge is 0.261 e. The maximum absolute atomic E-state index is 12.5. The predicted molar refractivity (Wildman–Crippen MR) is 112 cm³/mol. The van der Waals surface area contributed by atoms with Gasteiger partial charge < -0.3 is 14.8 Å². The van der Waals surface area contributed by atoms with Crippen molar-refractivity contribution in [2.75, 3.05) is 52.6 Å². The highest BCUT2D eigenvalue weighted by Gasteiger charge is 2.36. The number of amides is 3. The van der Waals surface area contributed by atoms with Crippen LogP contribution in [-0.4, -0.2) is 86.2 Å². The molecule has 2 unspecified atom stereocenters. The summed E-state index contributed by atoms with van der Waals surface area (Å²) in [6, 6.07) is 5.22. The van der Waals surface area contributed by atoms with E-state index >= 15 is 0 Å². The molecule has 1 N–H and O–H groups in total. The molecule has 2 saturated heterocycles. The summed E-state index contributed by atoms with van der Waals surface area (Å²) >= 11 is 3.32. The Morgan fingerprint density at radius 1 is 1.13 bits per heavy atom. The number of hydrogen-bond donors (Lipinski definition) is 1. The normalized spacial score (nSPS) is 23.0. The average molecular weight is 480 g/mol. The Balaban J connectivity index is 1.31. The fourth-order valence-corrected chi connectivity index (χ4v) is 4.71. The average Bonchev–Trinajstić information content (AvgIpc) is 3.36. The third-order valence-electron chi connectivity index (χ3n) is 6.03. The first kappa shape index (κ1) is 21.4. The number of rotatable bonds is 7. The molecular formula is C21H26BrN3O5. The van der Waals surface area contributed by atoms with E-state index in [4.69, 9.17) is 9.47 Å². The number of hydrogen-bond acceptors (Lipinski definition) is 6. The molecule has 3 aliphatic heterocycles. The van der Waals surface area contributed by atoms with E-state index in [2.05, 4.69) is 26.1 Å². The van der Waals surface area contributed by atoms with Gasteiger partial charge in [-0.25, -0.2) is 0 Å².